The average molecular weight is 381 g/mol. The van der Waals surface area contributed by atoms with E-state index in [1.165, 1.54) is 18.4 Å². The predicted molar refractivity (Wildman–Crippen MR) is 103 cm³/mol. The molecular weight excluding hydrogens is 362 g/mol. The molecule has 0 saturated carbocycles. The van der Waals surface area contributed by atoms with E-state index in [0.29, 0.717) is 30.0 Å². The Labute approximate surface area is 160 Å². The van der Waals surface area contributed by atoms with E-state index in [9.17, 15) is 14.7 Å². The van der Waals surface area contributed by atoms with Gasteiger partial charge in [-0.2, -0.15) is 0 Å². The van der Waals surface area contributed by atoms with Crippen molar-refractivity contribution in [2.75, 3.05) is 20.2 Å². The predicted octanol–water partition coefficient (Wildman–Crippen LogP) is 3.77. The van der Waals surface area contributed by atoms with Gasteiger partial charge in [0, 0.05) is 25.2 Å². The van der Waals surface area contributed by atoms with Crippen LogP contribution in [0.1, 0.15) is 12.8 Å². The van der Waals surface area contributed by atoms with Crippen molar-refractivity contribution in [3.8, 4) is 28.4 Å². The summed E-state index contributed by atoms with van der Waals surface area (Å²) in [5, 5.41) is 10.4. The fourth-order valence-electron chi connectivity index (χ4n) is 3.30. The minimum Gasteiger partial charge on any atom is -0.507 e. The number of fused-ring (bicyclic) bond motifs is 1. The molecule has 1 amide bonds. The fraction of sp³-hybridized carbons (Fsp3) is 0.238. The molecule has 1 aromatic heterocycles. The van der Waals surface area contributed by atoms with E-state index >= 15 is 0 Å². The molecule has 0 aliphatic carbocycles. The molecule has 1 saturated heterocycles. The number of rotatable bonds is 3. The van der Waals surface area contributed by atoms with Gasteiger partial charge in [0.15, 0.2) is 0 Å². The van der Waals surface area contributed by atoms with E-state index in [1.54, 1.807) is 36.3 Å². The number of hydrogen-bond donors (Lipinski definition) is 1. The molecule has 0 radical (unpaired) electrons. The molecule has 2 heterocycles. The Balaban J connectivity index is 1.69. The lowest BCUT2D eigenvalue weighted by Gasteiger charge is -2.15. The number of likely N-dealkylation sites (tertiary alicyclic amines) is 1. The lowest BCUT2D eigenvalue weighted by atomic mass is 10.0. The Morgan fingerprint density at radius 3 is 2.50 bits per heavy atom. The van der Waals surface area contributed by atoms with Gasteiger partial charge in [-0.05, 0) is 30.5 Å². The topological polar surface area (TPSA) is 89.2 Å². The van der Waals surface area contributed by atoms with Crippen LogP contribution in [0.4, 0.5) is 4.79 Å². The highest BCUT2D eigenvalue weighted by Gasteiger charge is 2.21. The van der Waals surface area contributed by atoms with Crippen molar-refractivity contribution < 1.29 is 23.8 Å². The largest absolute Gasteiger partial charge is 0.507 e. The van der Waals surface area contributed by atoms with E-state index in [0.717, 1.165) is 12.8 Å². The second-order valence-corrected chi connectivity index (χ2v) is 6.58. The lowest BCUT2D eigenvalue weighted by molar-refractivity contribution is 0.162. The normalized spacial score (nSPS) is 13.7. The highest BCUT2D eigenvalue weighted by Crippen LogP contribution is 2.31. The van der Waals surface area contributed by atoms with Gasteiger partial charge in [-0.1, -0.05) is 12.1 Å². The van der Waals surface area contributed by atoms with Crippen molar-refractivity contribution in [2.24, 2.45) is 0 Å². The number of phenols is 1. The van der Waals surface area contributed by atoms with Crippen LogP contribution in [0.25, 0.3) is 22.1 Å². The van der Waals surface area contributed by atoms with Gasteiger partial charge >= 0.3 is 6.09 Å². The Kier molecular flexibility index (Phi) is 4.65. The fourth-order valence-corrected chi connectivity index (χ4v) is 3.30. The quantitative estimate of drug-likeness (QED) is 0.743. The first-order valence-electron chi connectivity index (χ1n) is 8.96. The molecule has 4 rings (SSSR count). The average Bonchev–Trinajstić information content (AvgIpc) is 3.23. The van der Waals surface area contributed by atoms with Gasteiger partial charge in [0.1, 0.15) is 34.5 Å². The number of carbonyl (C=O) groups is 1. The molecule has 0 spiro atoms. The number of ether oxygens (including phenoxy) is 2. The van der Waals surface area contributed by atoms with E-state index in [1.807, 2.05) is 0 Å². The summed E-state index contributed by atoms with van der Waals surface area (Å²) in [6.45, 7) is 1.30. The molecule has 3 aromatic rings. The maximum absolute atomic E-state index is 12.9. The minimum absolute atomic E-state index is 0.0364. The number of nitrogens with zero attached hydrogens (tertiary/aromatic N) is 1. The Morgan fingerprint density at radius 2 is 1.82 bits per heavy atom. The summed E-state index contributed by atoms with van der Waals surface area (Å²) in [5.74, 6) is 0.495. The van der Waals surface area contributed by atoms with Crippen molar-refractivity contribution >= 4 is 17.1 Å². The van der Waals surface area contributed by atoms with Crippen LogP contribution in [0.2, 0.25) is 0 Å². The first-order valence-corrected chi connectivity index (χ1v) is 8.96. The Morgan fingerprint density at radius 1 is 1.11 bits per heavy atom. The number of hydrogen-bond acceptors (Lipinski definition) is 6. The molecular formula is C21H19NO6. The first kappa shape index (κ1) is 17.9. The standard InChI is InChI=1S/C21H19NO6/c1-26-14-6-4-13(5-7-14)16-12-27-18-11-15(10-17(23)19(18)20(16)24)28-21(25)22-8-2-3-9-22/h4-7,10-12,23H,2-3,8-9H2,1H3. The molecule has 0 atom stereocenters. The van der Waals surface area contributed by atoms with Crippen molar-refractivity contribution in [3.05, 3.63) is 52.9 Å². The summed E-state index contributed by atoms with van der Waals surface area (Å²) in [7, 11) is 1.56. The van der Waals surface area contributed by atoms with Crippen molar-refractivity contribution in [2.45, 2.75) is 12.8 Å². The van der Waals surface area contributed by atoms with Gasteiger partial charge in [-0.3, -0.25) is 4.79 Å². The lowest BCUT2D eigenvalue weighted by Crippen LogP contribution is -2.30. The highest BCUT2D eigenvalue weighted by molar-refractivity contribution is 5.88. The molecule has 28 heavy (non-hydrogen) atoms. The van der Waals surface area contributed by atoms with E-state index in [2.05, 4.69) is 0 Å². The SMILES string of the molecule is COc1ccc(-c2coc3cc(OC(=O)N4CCCC4)cc(O)c3c2=O)cc1. The van der Waals surface area contributed by atoms with Crippen LogP contribution in [-0.4, -0.2) is 36.3 Å². The summed E-state index contributed by atoms with van der Waals surface area (Å²) in [5.41, 5.74) is 0.723. The molecule has 1 fully saturated rings. The Hall–Kier alpha value is -3.48. The molecule has 7 nitrogen and oxygen atoms in total. The zero-order valence-corrected chi connectivity index (χ0v) is 15.3. The van der Waals surface area contributed by atoms with E-state index in [-0.39, 0.29) is 27.9 Å². The second-order valence-electron chi connectivity index (χ2n) is 6.58. The molecule has 144 valence electrons. The summed E-state index contributed by atoms with van der Waals surface area (Å²) in [6.07, 6.45) is 2.74. The van der Waals surface area contributed by atoms with Gasteiger partial charge in [0.05, 0.1) is 12.7 Å². The number of benzene rings is 2. The zero-order chi connectivity index (χ0) is 19.7. The number of phenolic OH excluding ortho intramolecular Hbond substituents is 1. The number of aromatic hydroxyl groups is 1. The van der Waals surface area contributed by atoms with Crippen molar-refractivity contribution in [3.63, 3.8) is 0 Å². The number of amides is 1. The molecule has 7 heteroatoms. The van der Waals surface area contributed by atoms with Gasteiger partial charge < -0.3 is 23.9 Å². The molecule has 0 bridgehead atoms. The third kappa shape index (κ3) is 3.26. The van der Waals surface area contributed by atoms with E-state index < -0.39 is 6.09 Å². The molecule has 0 unspecified atom stereocenters. The van der Waals surface area contributed by atoms with Crippen LogP contribution in [0.3, 0.4) is 0 Å². The van der Waals surface area contributed by atoms with Gasteiger partial charge in [0.2, 0.25) is 5.43 Å². The van der Waals surface area contributed by atoms with Crippen LogP contribution in [0.15, 0.2) is 51.9 Å². The van der Waals surface area contributed by atoms with Crippen LogP contribution >= 0.6 is 0 Å². The third-order valence-electron chi connectivity index (χ3n) is 4.80. The van der Waals surface area contributed by atoms with Crippen LogP contribution < -0.4 is 14.9 Å². The number of methoxy groups -OCH3 is 1. The number of carbonyl (C=O) groups excluding carboxylic acids is 1. The van der Waals surface area contributed by atoms with Gasteiger partial charge in [-0.15, -0.1) is 0 Å². The third-order valence-corrected chi connectivity index (χ3v) is 4.80. The maximum atomic E-state index is 12.9. The molecule has 1 aliphatic rings. The summed E-state index contributed by atoms with van der Waals surface area (Å²) in [6, 6.07) is 9.63. The molecule has 1 aliphatic heterocycles. The monoisotopic (exact) mass is 381 g/mol. The second kappa shape index (κ2) is 7.26. The molecule has 2 aromatic carbocycles. The first-order chi connectivity index (χ1) is 13.6. The summed E-state index contributed by atoms with van der Waals surface area (Å²) >= 11 is 0. The van der Waals surface area contributed by atoms with Crippen molar-refractivity contribution in [1.29, 1.82) is 0 Å². The van der Waals surface area contributed by atoms with Crippen molar-refractivity contribution in [1.82, 2.24) is 4.90 Å². The summed E-state index contributed by atoms with van der Waals surface area (Å²) in [4.78, 5) is 26.6. The van der Waals surface area contributed by atoms with Crippen LogP contribution in [0.5, 0.6) is 17.2 Å². The van der Waals surface area contributed by atoms with Gasteiger partial charge in [0.25, 0.3) is 0 Å². The highest BCUT2D eigenvalue weighted by atomic mass is 16.6. The zero-order valence-electron chi connectivity index (χ0n) is 15.3. The van der Waals surface area contributed by atoms with E-state index in [4.69, 9.17) is 13.9 Å². The van der Waals surface area contributed by atoms with Crippen LogP contribution in [0, 0.1) is 0 Å². The van der Waals surface area contributed by atoms with Gasteiger partial charge in [-0.25, -0.2) is 4.79 Å². The molecule has 1 N–H and O–H groups in total. The van der Waals surface area contributed by atoms with Crippen LogP contribution in [-0.2, 0) is 0 Å². The Bertz CT molecular complexity index is 1080. The smallest absolute Gasteiger partial charge is 0.415 e. The summed E-state index contributed by atoms with van der Waals surface area (Å²) < 4.78 is 16.0. The maximum Gasteiger partial charge on any atom is 0.415 e. The minimum atomic E-state index is -0.478.